The minimum Gasteiger partial charge on any atom is -0.493 e. The number of hydrogen-bond donors (Lipinski definition) is 1. The van der Waals surface area contributed by atoms with E-state index in [1.807, 2.05) is 51.1 Å². The van der Waals surface area contributed by atoms with E-state index in [0.29, 0.717) is 16.3 Å². The lowest BCUT2D eigenvalue weighted by atomic mass is 10.0. The topological polar surface area (TPSA) is 105 Å². The van der Waals surface area contributed by atoms with Gasteiger partial charge in [0.25, 0.3) is 10.0 Å². The molecule has 1 unspecified atom stereocenters. The second kappa shape index (κ2) is 15.4. The molecule has 4 rings (SSSR count). The number of anilines is 1. The molecule has 9 nitrogen and oxygen atoms in total. The largest absolute Gasteiger partial charge is 0.493 e. The maximum absolute atomic E-state index is 14.6. The van der Waals surface area contributed by atoms with Crippen LogP contribution in [0.5, 0.6) is 11.5 Å². The number of benzene rings is 4. The molecule has 0 radical (unpaired) electrons. The number of nitrogens with zero attached hydrogens (tertiary/aromatic N) is 2. The Kier molecular flexibility index (Phi) is 11.5. The third-order valence-corrected chi connectivity index (χ3v) is 9.34. The first kappa shape index (κ1) is 35.3. The van der Waals surface area contributed by atoms with Crippen LogP contribution >= 0.6 is 11.6 Å². The van der Waals surface area contributed by atoms with Gasteiger partial charge < -0.3 is 19.7 Å². The zero-order chi connectivity index (χ0) is 34.2. The predicted molar refractivity (Wildman–Crippen MR) is 184 cm³/mol. The molecule has 0 aliphatic carbocycles. The molecule has 0 saturated carbocycles. The number of hydrogen-bond acceptors (Lipinski definition) is 6. The van der Waals surface area contributed by atoms with Gasteiger partial charge in [0.2, 0.25) is 11.8 Å². The minimum atomic E-state index is -4.27. The summed E-state index contributed by atoms with van der Waals surface area (Å²) in [5.74, 6) is -0.271. The standard InChI is InChI=1S/C36H40ClN3O6S/c1-36(2,3)38-35(42)31(22-26-12-8-6-9-13-26)39(24-27-16-18-28(37)19-17-27)34(41)25-40(47(43,44)30-14-10-7-11-15-30)29-20-21-32(45-4)33(23-29)46-5/h6-21,23,31H,22,24-25H2,1-5H3,(H,38,42). The molecule has 0 heterocycles. The van der Waals surface area contributed by atoms with Crippen LogP contribution in [0, 0.1) is 0 Å². The number of carbonyl (C=O) groups excluding carboxylic acids is 2. The molecule has 47 heavy (non-hydrogen) atoms. The van der Waals surface area contributed by atoms with Crippen LogP contribution in [-0.2, 0) is 32.6 Å². The summed E-state index contributed by atoms with van der Waals surface area (Å²) in [4.78, 5) is 30.0. The van der Waals surface area contributed by atoms with Crippen molar-refractivity contribution in [2.24, 2.45) is 0 Å². The Morgan fingerprint density at radius 1 is 0.809 bits per heavy atom. The summed E-state index contributed by atoms with van der Waals surface area (Å²) in [6.07, 6.45) is 0.198. The van der Waals surface area contributed by atoms with E-state index in [9.17, 15) is 18.0 Å². The van der Waals surface area contributed by atoms with Crippen molar-refractivity contribution in [1.29, 1.82) is 0 Å². The van der Waals surface area contributed by atoms with Crippen LogP contribution < -0.4 is 19.1 Å². The number of methoxy groups -OCH3 is 2. The number of carbonyl (C=O) groups is 2. The van der Waals surface area contributed by atoms with Crippen molar-refractivity contribution < 1.29 is 27.5 Å². The molecule has 4 aromatic rings. The highest BCUT2D eigenvalue weighted by molar-refractivity contribution is 7.92. The van der Waals surface area contributed by atoms with E-state index in [-0.39, 0.29) is 35.2 Å². The molecule has 0 fully saturated rings. The Morgan fingerprint density at radius 3 is 1.98 bits per heavy atom. The van der Waals surface area contributed by atoms with Crippen molar-refractivity contribution in [3.8, 4) is 11.5 Å². The fraction of sp³-hybridized carbons (Fsp3) is 0.278. The highest BCUT2D eigenvalue weighted by atomic mass is 35.5. The average molecular weight is 678 g/mol. The summed E-state index contributed by atoms with van der Waals surface area (Å²) in [7, 11) is -1.35. The third kappa shape index (κ3) is 9.27. The quantitative estimate of drug-likeness (QED) is 0.183. The molecular formula is C36H40ClN3O6S. The van der Waals surface area contributed by atoms with Gasteiger partial charge in [0.15, 0.2) is 11.5 Å². The van der Waals surface area contributed by atoms with Crippen LogP contribution in [0.3, 0.4) is 0 Å². The lowest BCUT2D eigenvalue weighted by Crippen LogP contribution is -2.56. The van der Waals surface area contributed by atoms with Crippen LogP contribution in [0.2, 0.25) is 5.02 Å². The summed E-state index contributed by atoms with van der Waals surface area (Å²) >= 11 is 6.16. The van der Waals surface area contributed by atoms with Gasteiger partial charge in [-0.1, -0.05) is 72.3 Å². The number of amides is 2. The average Bonchev–Trinajstić information content (AvgIpc) is 3.05. The lowest BCUT2D eigenvalue weighted by molar-refractivity contribution is -0.140. The van der Waals surface area contributed by atoms with E-state index in [2.05, 4.69) is 5.32 Å². The van der Waals surface area contributed by atoms with Crippen molar-refractivity contribution in [3.05, 3.63) is 119 Å². The fourth-order valence-corrected chi connectivity index (χ4v) is 6.57. The number of rotatable bonds is 13. The monoisotopic (exact) mass is 677 g/mol. The zero-order valence-electron chi connectivity index (χ0n) is 27.1. The van der Waals surface area contributed by atoms with Gasteiger partial charge >= 0.3 is 0 Å². The number of nitrogens with one attached hydrogen (secondary N) is 1. The first-order valence-corrected chi connectivity index (χ1v) is 16.8. The van der Waals surface area contributed by atoms with Crippen molar-refractivity contribution in [2.45, 2.75) is 50.2 Å². The molecule has 0 bridgehead atoms. The van der Waals surface area contributed by atoms with Gasteiger partial charge in [0, 0.05) is 29.6 Å². The fourth-order valence-electron chi connectivity index (χ4n) is 5.02. The van der Waals surface area contributed by atoms with Crippen LogP contribution in [0.25, 0.3) is 0 Å². The molecule has 248 valence electrons. The van der Waals surface area contributed by atoms with Gasteiger partial charge in [-0.3, -0.25) is 13.9 Å². The van der Waals surface area contributed by atoms with E-state index in [0.717, 1.165) is 9.87 Å². The molecule has 2 amide bonds. The summed E-state index contributed by atoms with van der Waals surface area (Å²) in [5, 5.41) is 3.54. The third-order valence-electron chi connectivity index (χ3n) is 7.30. The second-order valence-corrected chi connectivity index (χ2v) is 14.3. The predicted octanol–water partition coefficient (Wildman–Crippen LogP) is 6.11. The molecule has 0 aromatic heterocycles. The Hall–Kier alpha value is -4.54. The maximum Gasteiger partial charge on any atom is 0.264 e. The molecule has 11 heteroatoms. The summed E-state index contributed by atoms with van der Waals surface area (Å²) in [5.41, 5.74) is 1.14. The molecule has 1 atom stereocenters. The maximum atomic E-state index is 14.6. The molecule has 0 aliphatic rings. The highest BCUT2D eigenvalue weighted by Crippen LogP contribution is 2.34. The normalized spacial score (nSPS) is 12.1. The second-order valence-electron chi connectivity index (χ2n) is 12.0. The van der Waals surface area contributed by atoms with Crippen molar-refractivity contribution in [1.82, 2.24) is 10.2 Å². The first-order chi connectivity index (χ1) is 22.3. The van der Waals surface area contributed by atoms with Crippen LogP contribution in [0.4, 0.5) is 5.69 Å². The van der Waals surface area contributed by atoms with E-state index in [4.69, 9.17) is 21.1 Å². The van der Waals surface area contributed by atoms with E-state index in [1.165, 1.54) is 37.3 Å². The zero-order valence-corrected chi connectivity index (χ0v) is 28.7. The van der Waals surface area contributed by atoms with Gasteiger partial charge in [-0.05, 0) is 68.3 Å². The molecule has 0 spiro atoms. The van der Waals surface area contributed by atoms with Gasteiger partial charge in [-0.15, -0.1) is 0 Å². The SMILES string of the molecule is COc1ccc(N(CC(=O)N(Cc2ccc(Cl)cc2)C(Cc2ccccc2)C(=O)NC(C)(C)C)S(=O)(=O)c2ccccc2)cc1OC. The number of sulfonamides is 1. The number of halogens is 1. The van der Waals surface area contributed by atoms with E-state index >= 15 is 0 Å². The lowest BCUT2D eigenvalue weighted by Gasteiger charge is -2.35. The number of ether oxygens (including phenoxy) is 2. The van der Waals surface area contributed by atoms with Gasteiger partial charge in [0.05, 0.1) is 24.8 Å². The van der Waals surface area contributed by atoms with Gasteiger partial charge in [-0.2, -0.15) is 0 Å². The van der Waals surface area contributed by atoms with E-state index in [1.54, 1.807) is 54.6 Å². The first-order valence-electron chi connectivity index (χ1n) is 15.0. The van der Waals surface area contributed by atoms with Crippen molar-refractivity contribution in [2.75, 3.05) is 25.1 Å². The molecule has 1 N–H and O–H groups in total. The highest BCUT2D eigenvalue weighted by Gasteiger charge is 2.36. The molecule has 4 aromatic carbocycles. The van der Waals surface area contributed by atoms with Crippen LogP contribution in [0.15, 0.2) is 108 Å². The Labute approximate surface area is 282 Å². The molecule has 0 saturated heterocycles. The van der Waals surface area contributed by atoms with Crippen LogP contribution in [-0.4, -0.2) is 57.5 Å². The summed E-state index contributed by atoms with van der Waals surface area (Å²) < 4.78 is 40.3. The van der Waals surface area contributed by atoms with E-state index < -0.39 is 34.1 Å². The van der Waals surface area contributed by atoms with Crippen molar-refractivity contribution >= 4 is 39.1 Å². The van der Waals surface area contributed by atoms with Gasteiger partial charge in [-0.25, -0.2) is 8.42 Å². The van der Waals surface area contributed by atoms with Crippen molar-refractivity contribution in [3.63, 3.8) is 0 Å². The Morgan fingerprint density at radius 2 is 1.40 bits per heavy atom. The minimum absolute atomic E-state index is 0.00172. The van der Waals surface area contributed by atoms with Gasteiger partial charge in [0.1, 0.15) is 12.6 Å². The molecule has 0 aliphatic heterocycles. The smallest absolute Gasteiger partial charge is 0.264 e. The Balaban J connectivity index is 1.84. The molecular weight excluding hydrogens is 638 g/mol. The Bertz CT molecular complexity index is 1760. The summed E-state index contributed by atoms with van der Waals surface area (Å²) in [6, 6.07) is 27.9. The summed E-state index contributed by atoms with van der Waals surface area (Å²) in [6.45, 7) is 5.01. The van der Waals surface area contributed by atoms with Crippen LogP contribution in [0.1, 0.15) is 31.9 Å².